The maximum Gasteiger partial charge on any atom is 0.145 e. The van der Waals surface area contributed by atoms with Crippen LogP contribution in [-0.4, -0.2) is 55.0 Å². The first-order valence-electron chi connectivity index (χ1n) is 11.9. The van der Waals surface area contributed by atoms with Crippen molar-refractivity contribution in [2.24, 2.45) is 5.41 Å². The topological polar surface area (TPSA) is 134 Å². The van der Waals surface area contributed by atoms with E-state index in [1.807, 2.05) is 35.9 Å². The summed E-state index contributed by atoms with van der Waals surface area (Å²) in [5, 5.41) is 31.2. The normalized spacial score (nSPS) is 28.5. The molecule has 5 atom stereocenters. The monoisotopic (exact) mass is 537 g/mol. The van der Waals surface area contributed by atoms with E-state index >= 15 is 0 Å². The molecule has 10 heteroatoms. The predicted octanol–water partition coefficient (Wildman–Crippen LogP) is 3.14. The molecule has 2 aliphatic rings. The Kier molecular flexibility index (Phi) is 5.44. The number of nitrogens with one attached hydrogen (secondary N) is 2. The Morgan fingerprint density at radius 1 is 1.23 bits per heavy atom. The molecule has 0 radical (unpaired) electrons. The molecule has 0 amide bonds. The number of aliphatic hydroxyl groups is 2. The highest BCUT2D eigenvalue weighted by molar-refractivity contribution is 9.10. The zero-order valence-corrected chi connectivity index (χ0v) is 20.9. The number of hydrogen-bond acceptors (Lipinski definition) is 8. The highest BCUT2D eigenvalue weighted by Crippen LogP contribution is 2.52. The molecule has 9 nitrogen and oxygen atoms in total. The van der Waals surface area contributed by atoms with Crippen molar-refractivity contribution in [3.05, 3.63) is 52.9 Å². The summed E-state index contributed by atoms with van der Waals surface area (Å²) in [6.45, 7) is 3.40. The molecule has 6 N–H and O–H groups in total. The minimum atomic E-state index is -0.890. The van der Waals surface area contributed by atoms with Gasteiger partial charge in [0.05, 0.1) is 27.5 Å². The van der Waals surface area contributed by atoms with Gasteiger partial charge in [0, 0.05) is 36.1 Å². The quantitative estimate of drug-likeness (QED) is 0.268. The molecule has 3 aromatic heterocycles. The van der Waals surface area contributed by atoms with Gasteiger partial charge in [-0.1, -0.05) is 12.1 Å². The molecule has 2 fully saturated rings. The lowest BCUT2D eigenvalue weighted by atomic mass is 9.80. The van der Waals surface area contributed by atoms with E-state index in [0.717, 1.165) is 50.8 Å². The van der Waals surface area contributed by atoms with Crippen molar-refractivity contribution in [1.82, 2.24) is 24.8 Å². The Labute approximate surface area is 210 Å². The van der Waals surface area contributed by atoms with E-state index in [-0.39, 0.29) is 12.1 Å². The second-order valence-electron chi connectivity index (χ2n) is 9.73. The average Bonchev–Trinajstić information content (AvgIpc) is 3.54. The highest BCUT2D eigenvalue weighted by atomic mass is 79.9. The van der Waals surface area contributed by atoms with Crippen LogP contribution in [0.15, 0.2) is 47.3 Å². The van der Waals surface area contributed by atoms with Crippen molar-refractivity contribution >= 4 is 49.5 Å². The summed E-state index contributed by atoms with van der Waals surface area (Å²) in [7, 11) is 0. The fourth-order valence-corrected chi connectivity index (χ4v) is 6.26. The second-order valence-corrected chi connectivity index (χ2v) is 10.6. The van der Waals surface area contributed by atoms with Crippen LogP contribution in [0.5, 0.6) is 0 Å². The first kappa shape index (κ1) is 22.7. The number of benzene rings is 1. The molecular formula is C25H28BrN7O2. The van der Waals surface area contributed by atoms with E-state index < -0.39 is 17.6 Å². The van der Waals surface area contributed by atoms with Gasteiger partial charge in [-0.15, -0.1) is 0 Å². The number of halogens is 1. The van der Waals surface area contributed by atoms with E-state index in [4.69, 9.17) is 5.73 Å². The van der Waals surface area contributed by atoms with Gasteiger partial charge in [-0.05, 0) is 59.5 Å². The SMILES string of the molecule is CCNc1ncnc2c1ccn2[C@@H]1C[C@@]2(CN[C@H](c3ccc4cc(Br)c(N)nc4c3)C2)[C@@H](O)[C@H]1O. The fraction of sp³-hybridized carbons (Fsp3) is 0.400. The van der Waals surface area contributed by atoms with Crippen LogP contribution in [0.1, 0.15) is 37.4 Å². The molecule has 35 heavy (non-hydrogen) atoms. The van der Waals surface area contributed by atoms with Gasteiger partial charge in [-0.25, -0.2) is 15.0 Å². The van der Waals surface area contributed by atoms with Gasteiger partial charge in [0.15, 0.2) is 0 Å². The maximum atomic E-state index is 11.2. The largest absolute Gasteiger partial charge is 0.390 e. The zero-order chi connectivity index (χ0) is 24.3. The Morgan fingerprint density at radius 3 is 2.91 bits per heavy atom. The number of hydrogen-bond donors (Lipinski definition) is 5. The fourth-order valence-electron chi connectivity index (χ4n) is 5.92. The molecule has 1 saturated carbocycles. The van der Waals surface area contributed by atoms with Crippen LogP contribution in [0.3, 0.4) is 0 Å². The van der Waals surface area contributed by atoms with Crippen LogP contribution in [0.4, 0.5) is 11.6 Å². The number of fused-ring (bicyclic) bond motifs is 2. The first-order valence-corrected chi connectivity index (χ1v) is 12.7. The zero-order valence-electron chi connectivity index (χ0n) is 19.3. The van der Waals surface area contributed by atoms with Gasteiger partial charge in [0.25, 0.3) is 0 Å². The van der Waals surface area contributed by atoms with Crippen LogP contribution >= 0.6 is 15.9 Å². The molecular weight excluding hydrogens is 510 g/mol. The number of nitrogen functional groups attached to an aromatic ring is 1. The summed E-state index contributed by atoms with van der Waals surface area (Å²) < 4.78 is 2.78. The Balaban J connectivity index is 1.29. The van der Waals surface area contributed by atoms with Crippen molar-refractivity contribution in [3.63, 3.8) is 0 Å². The van der Waals surface area contributed by atoms with Gasteiger partial charge in [-0.2, -0.15) is 0 Å². The third-order valence-electron chi connectivity index (χ3n) is 7.71. The average molecular weight is 538 g/mol. The highest BCUT2D eigenvalue weighted by Gasteiger charge is 2.56. The summed E-state index contributed by atoms with van der Waals surface area (Å²) in [5.41, 5.74) is 8.25. The lowest BCUT2D eigenvalue weighted by Gasteiger charge is -2.27. The number of nitrogens with zero attached hydrogens (tertiary/aromatic N) is 4. The lowest BCUT2D eigenvalue weighted by molar-refractivity contribution is -0.0218. The van der Waals surface area contributed by atoms with Gasteiger partial charge >= 0.3 is 0 Å². The minimum Gasteiger partial charge on any atom is -0.390 e. The predicted molar refractivity (Wildman–Crippen MR) is 139 cm³/mol. The van der Waals surface area contributed by atoms with E-state index in [0.29, 0.717) is 18.8 Å². The van der Waals surface area contributed by atoms with Crippen molar-refractivity contribution in [3.8, 4) is 0 Å². The maximum absolute atomic E-state index is 11.2. The molecule has 1 saturated heterocycles. The van der Waals surface area contributed by atoms with Crippen LogP contribution in [0.25, 0.3) is 21.9 Å². The Morgan fingerprint density at radius 2 is 2.09 bits per heavy atom. The molecule has 4 heterocycles. The Hall–Kier alpha value is -2.79. The number of anilines is 2. The molecule has 1 aromatic carbocycles. The first-order chi connectivity index (χ1) is 16.9. The molecule has 6 rings (SSSR count). The molecule has 1 spiro atoms. The van der Waals surface area contributed by atoms with Crippen molar-refractivity contribution in [2.45, 2.75) is 44.1 Å². The molecule has 0 unspecified atom stereocenters. The van der Waals surface area contributed by atoms with Crippen molar-refractivity contribution in [2.75, 3.05) is 24.1 Å². The van der Waals surface area contributed by atoms with Gasteiger partial charge in [-0.3, -0.25) is 0 Å². The van der Waals surface area contributed by atoms with Crippen molar-refractivity contribution < 1.29 is 10.2 Å². The standard InChI is InChI=1S/C25H28BrN7O2/c1-2-28-23-15-5-6-33(24(15)31-12-30-23)19-10-25(21(35)20(19)34)9-18(29-11-25)14-4-3-13-7-16(26)22(27)32-17(13)8-14/h3-8,12,18-21,29,34-35H,2,9-11H2,1H3,(H2,27,32)(H,28,30,31)/t18-,19+,20-,21-,25-/m0/s1. The summed E-state index contributed by atoms with van der Waals surface area (Å²) in [5.74, 6) is 1.24. The molecule has 4 aromatic rings. The van der Waals surface area contributed by atoms with Crippen LogP contribution in [-0.2, 0) is 0 Å². The van der Waals surface area contributed by atoms with E-state index in [9.17, 15) is 10.2 Å². The number of rotatable bonds is 4. The van der Waals surface area contributed by atoms with Gasteiger partial charge in [0.1, 0.15) is 29.7 Å². The van der Waals surface area contributed by atoms with Crippen LogP contribution < -0.4 is 16.4 Å². The lowest BCUT2D eigenvalue weighted by Crippen LogP contribution is -2.38. The molecule has 1 aliphatic heterocycles. The van der Waals surface area contributed by atoms with Crippen LogP contribution in [0, 0.1) is 5.41 Å². The summed E-state index contributed by atoms with van der Waals surface area (Å²) in [6.07, 6.45) is 3.11. The molecule has 0 bridgehead atoms. The van der Waals surface area contributed by atoms with Gasteiger partial charge in [0.2, 0.25) is 0 Å². The number of pyridine rings is 1. The number of aromatic nitrogens is 4. The van der Waals surface area contributed by atoms with E-state index in [1.54, 1.807) is 0 Å². The van der Waals surface area contributed by atoms with E-state index in [1.165, 1.54) is 6.33 Å². The Bertz CT molecular complexity index is 1430. The van der Waals surface area contributed by atoms with Gasteiger partial charge < -0.3 is 31.1 Å². The summed E-state index contributed by atoms with van der Waals surface area (Å²) in [4.78, 5) is 13.3. The molecule has 1 aliphatic carbocycles. The minimum absolute atomic E-state index is 0.0516. The van der Waals surface area contributed by atoms with Crippen LogP contribution in [0.2, 0.25) is 0 Å². The smallest absolute Gasteiger partial charge is 0.145 e. The summed E-state index contributed by atoms with van der Waals surface area (Å²) in [6, 6.07) is 9.92. The molecule has 182 valence electrons. The second kappa shape index (κ2) is 8.41. The number of aliphatic hydroxyl groups excluding tert-OH is 2. The summed E-state index contributed by atoms with van der Waals surface area (Å²) >= 11 is 3.44. The third-order valence-corrected chi connectivity index (χ3v) is 8.34. The van der Waals surface area contributed by atoms with E-state index in [2.05, 4.69) is 53.6 Å². The third kappa shape index (κ3) is 3.58. The van der Waals surface area contributed by atoms with Crippen molar-refractivity contribution in [1.29, 1.82) is 0 Å². The number of nitrogens with two attached hydrogens (primary N) is 1.